The summed E-state index contributed by atoms with van der Waals surface area (Å²) < 4.78 is 10.9. The lowest BCUT2D eigenvalue weighted by Gasteiger charge is -2.14. The lowest BCUT2D eigenvalue weighted by molar-refractivity contribution is -0.127. The van der Waals surface area contributed by atoms with Gasteiger partial charge in [-0.05, 0) is 55.0 Å². The fourth-order valence-electron chi connectivity index (χ4n) is 1.88. The van der Waals surface area contributed by atoms with Crippen LogP contribution in [0.25, 0.3) is 0 Å². The molecule has 0 aromatic heterocycles. The minimum Gasteiger partial charge on any atom is -0.490 e. The Hall–Kier alpha value is -2.50. The molecule has 1 atom stereocenters. The topological polar surface area (TPSA) is 59.9 Å². The summed E-state index contributed by atoms with van der Waals surface area (Å²) >= 11 is 11.8. The van der Waals surface area contributed by atoms with E-state index in [1.165, 1.54) is 6.21 Å². The molecule has 1 N–H and O–H groups in total. The third-order valence-corrected chi connectivity index (χ3v) is 3.73. The molecule has 1 amide bonds. The molecule has 0 fully saturated rings. The number of hydrazone groups is 1. The second kappa shape index (κ2) is 9.85. The van der Waals surface area contributed by atoms with E-state index in [0.717, 1.165) is 11.3 Å². The molecule has 1 unspecified atom stereocenters. The number of nitrogens with one attached hydrogen (secondary N) is 1. The minimum atomic E-state index is -0.777. The second-order valence-electron chi connectivity index (χ2n) is 5.24. The second-order valence-corrected chi connectivity index (χ2v) is 6.08. The largest absolute Gasteiger partial charge is 0.490 e. The van der Waals surface area contributed by atoms with E-state index in [4.69, 9.17) is 32.7 Å². The summed E-state index contributed by atoms with van der Waals surface area (Å²) in [7, 11) is 0. The van der Waals surface area contributed by atoms with Crippen LogP contribution in [0.1, 0.15) is 12.5 Å². The Morgan fingerprint density at radius 3 is 2.65 bits per heavy atom. The summed E-state index contributed by atoms with van der Waals surface area (Å²) in [6.07, 6.45) is 2.42. The molecular formula is C19H18Cl2N2O3. The summed E-state index contributed by atoms with van der Waals surface area (Å²) in [6.45, 7) is 5.63. The molecule has 2 rings (SSSR count). The molecule has 0 heterocycles. The molecule has 2 aromatic carbocycles. The maximum absolute atomic E-state index is 12.0. The Morgan fingerprint density at radius 2 is 2.00 bits per heavy atom. The Bertz CT molecular complexity index is 792. The smallest absolute Gasteiger partial charge is 0.280 e. The molecule has 7 heteroatoms. The van der Waals surface area contributed by atoms with Crippen molar-refractivity contribution in [2.75, 3.05) is 6.61 Å². The van der Waals surface area contributed by atoms with Gasteiger partial charge in [-0.2, -0.15) is 5.10 Å². The van der Waals surface area contributed by atoms with Crippen LogP contribution in [0.5, 0.6) is 11.5 Å². The Labute approximate surface area is 162 Å². The summed E-state index contributed by atoms with van der Waals surface area (Å²) in [5, 5.41) is 4.74. The van der Waals surface area contributed by atoms with Crippen molar-refractivity contribution in [1.29, 1.82) is 0 Å². The molecule has 136 valence electrons. The fourth-order valence-corrected chi connectivity index (χ4v) is 2.33. The quantitative estimate of drug-likeness (QED) is 0.409. The van der Waals surface area contributed by atoms with Crippen LogP contribution in [0.3, 0.4) is 0 Å². The molecule has 0 saturated heterocycles. The number of ether oxygens (including phenoxy) is 2. The molecule has 26 heavy (non-hydrogen) atoms. The highest BCUT2D eigenvalue weighted by atomic mass is 35.5. The van der Waals surface area contributed by atoms with Crippen LogP contribution in [-0.4, -0.2) is 24.8 Å². The summed E-state index contributed by atoms with van der Waals surface area (Å²) in [6, 6.07) is 12.0. The van der Waals surface area contributed by atoms with Crippen LogP contribution in [-0.2, 0) is 4.79 Å². The third-order valence-electron chi connectivity index (χ3n) is 3.20. The van der Waals surface area contributed by atoms with E-state index in [-0.39, 0.29) is 0 Å². The summed E-state index contributed by atoms with van der Waals surface area (Å²) in [4.78, 5) is 12.0. The van der Waals surface area contributed by atoms with E-state index in [0.29, 0.717) is 22.4 Å². The first-order valence-electron chi connectivity index (χ1n) is 7.78. The molecule has 2 aromatic rings. The van der Waals surface area contributed by atoms with Gasteiger partial charge in [0.15, 0.2) is 6.10 Å². The van der Waals surface area contributed by atoms with E-state index < -0.39 is 12.0 Å². The van der Waals surface area contributed by atoms with Gasteiger partial charge in [-0.1, -0.05) is 35.9 Å². The van der Waals surface area contributed by atoms with E-state index in [1.807, 2.05) is 12.1 Å². The van der Waals surface area contributed by atoms with Gasteiger partial charge < -0.3 is 9.47 Å². The monoisotopic (exact) mass is 392 g/mol. The first kappa shape index (κ1) is 19.8. The van der Waals surface area contributed by atoms with Crippen molar-refractivity contribution in [3.63, 3.8) is 0 Å². The zero-order valence-electron chi connectivity index (χ0n) is 14.1. The first-order chi connectivity index (χ1) is 12.5. The number of carbonyl (C=O) groups excluding carboxylic acids is 1. The van der Waals surface area contributed by atoms with Crippen molar-refractivity contribution in [2.45, 2.75) is 13.0 Å². The molecule has 0 aliphatic rings. The van der Waals surface area contributed by atoms with Gasteiger partial charge in [0, 0.05) is 5.02 Å². The molecule has 0 radical (unpaired) electrons. The van der Waals surface area contributed by atoms with Crippen molar-refractivity contribution in [1.82, 2.24) is 5.43 Å². The lowest BCUT2D eigenvalue weighted by atomic mass is 10.2. The van der Waals surface area contributed by atoms with Crippen LogP contribution in [0.4, 0.5) is 0 Å². The number of rotatable bonds is 8. The fraction of sp³-hybridized carbons (Fsp3) is 0.158. The summed E-state index contributed by atoms with van der Waals surface area (Å²) in [5.74, 6) is 0.698. The summed E-state index contributed by atoms with van der Waals surface area (Å²) in [5.41, 5.74) is 3.23. The highest BCUT2D eigenvalue weighted by Crippen LogP contribution is 2.28. The molecule has 0 spiro atoms. The van der Waals surface area contributed by atoms with Crippen molar-refractivity contribution in [3.05, 3.63) is 70.7 Å². The zero-order valence-corrected chi connectivity index (χ0v) is 15.6. The standard InChI is InChI=1S/C19H18Cl2N2O3/c1-3-10-25-16-7-4-14(5-8-16)12-22-23-19(24)13(2)26-18-9-6-15(20)11-17(18)21/h3-9,11-13H,1,10H2,2H3,(H,23,24)/b22-12+. The van der Waals surface area contributed by atoms with Gasteiger partial charge in [-0.25, -0.2) is 5.43 Å². The van der Waals surface area contributed by atoms with E-state index in [9.17, 15) is 4.79 Å². The number of hydrogen-bond donors (Lipinski definition) is 1. The molecular weight excluding hydrogens is 375 g/mol. The normalized spacial score (nSPS) is 11.8. The average Bonchev–Trinajstić information content (AvgIpc) is 2.63. The number of amides is 1. The van der Waals surface area contributed by atoms with E-state index in [2.05, 4.69) is 17.1 Å². The Morgan fingerprint density at radius 1 is 1.27 bits per heavy atom. The van der Waals surface area contributed by atoms with Crippen molar-refractivity contribution in [2.24, 2.45) is 5.10 Å². The van der Waals surface area contributed by atoms with Gasteiger partial charge in [0.05, 0.1) is 11.2 Å². The van der Waals surface area contributed by atoms with Gasteiger partial charge in [0.1, 0.15) is 18.1 Å². The van der Waals surface area contributed by atoms with Crippen LogP contribution < -0.4 is 14.9 Å². The van der Waals surface area contributed by atoms with Gasteiger partial charge in [-0.15, -0.1) is 0 Å². The molecule has 0 aliphatic heterocycles. The van der Waals surface area contributed by atoms with Crippen LogP contribution in [0.15, 0.2) is 60.2 Å². The predicted octanol–water partition coefficient (Wildman–Crippen LogP) is 4.48. The average molecular weight is 393 g/mol. The Balaban J connectivity index is 1.86. The highest BCUT2D eigenvalue weighted by Gasteiger charge is 2.15. The maximum Gasteiger partial charge on any atom is 0.280 e. The lowest BCUT2D eigenvalue weighted by Crippen LogP contribution is -2.33. The molecule has 0 bridgehead atoms. The number of hydrogen-bond acceptors (Lipinski definition) is 4. The van der Waals surface area contributed by atoms with Gasteiger partial charge >= 0.3 is 0 Å². The van der Waals surface area contributed by atoms with Gasteiger partial charge in [-0.3, -0.25) is 4.79 Å². The molecule has 0 aliphatic carbocycles. The van der Waals surface area contributed by atoms with Crippen LogP contribution in [0.2, 0.25) is 10.0 Å². The van der Waals surface area contributed by atoms with Gasteiger partial charge in [0.25, 0.3) is 5.91 Å². The van der Waals surface area contributed by atoms with Crippen LogP contribution >= 0.6 is 23.2 Å². The van der Waals surface area contributed by atoms with Crippen molar-refractivity contribution >= 4 is 35.3 Å². The number of benzene rings is 2. The van der Waals surface area contributed by atoms with E-state index >= 15 is 0 Å². The predicted molar refractivity (Wildman–Crippen MR) is 104 cm³/mol. The molecule has 0 saturated carbocycles. The zero-order chi connectivity index (χ0) is 18.9. The molecule has 5 nitrogen and oxygen atoms in total. The Kier molecular flexibility index (Phi) is 7.51. The first-order valence-corrected chi connectivity index (χ1v) is 8.53. The SMILES string of the molecule is C=CCOc1ccc(/C=N/NC(=O)C(C)Oc2ccc(Cl)cc2Cl)cc1. The van der Waals surface area contributed by atoms with Crippen LogP contribution in [0, 0.1) is 0 Å². The third kappa shape index (κ3) is 6.10. The van der Waals surface area contributed by atoms with Gasteiger partial charge in [0.2, 0.25) is 0 Å². The highest BCUT2D eigenvalue weighted by molar-refractivity contribution is 6.35. The minimum absolute atomic E-state index is 0.333. The number of carbonyl (C=O) groups is 1. The number of nitrogens with zero attached hydrogens (tertiary/aromatic N) is 1. The maximum atomic E-state index is 12.0. The van der Waals surface area contributed by atoms with Crippen molar-refractivity contribution < 1.29 is 14.3 Å². The van der Waals surface area contributed by atoms with Crippen molar-refractivity contribution in [3.8, 4) is 11.5 Å². The van der Waals surface area contributed by atoms with E-state index in [1.54, 1.807) is 43.3 Å². The number of halogens is 2.